The molecule has 9 heteroatoms. The van der Waals surface area contributed by atoms with Gasteiger partial charge in [-0.1, -0.05) is 18.3 Å². The quantitative estimate of drug-likeness (QED) is 0.643. The van der Waals surface area contributed by atoms with Crippen molar-refractivity contribution in [1.29, 1.82) is 5.26 Å². The Bertz CT molecular complexity index is 695. The lowest BCUT2D eigenvalue weighted by Gasteiger charge is -2.00. The molecule has 0 amide bonds. The number of anilines is 1. The number of nitrogens with zero attached hydrogens (tertiary/aromatic N) is 4. The van der Waals surface area contributed by atoms with Crippen molar-refractivity contribution in [2.75, 3.05) is 11.9 Å². The normalized spacial score (nSPS) is 10.1. The number of benzene rings is 1. The number of hydrogen-bond donors (Lipinski definition) is 1. The molecule has 1 aromatic carbocycles. The van der Waals surface area contributed by atoms with Gasteiger partial charge in [0.2, 0.25) is 5.13 Å². The summed E-state index contributed by atoms with van der Waals surface area (Å²) in [6, 6.07) is 6.22. The minimum atomic E-state index is -0.471. The smallest absolute Gasteiger partial charge is 0.283 e. The lowest BCUT2D eigenvalue weighted by molar-refractivity contribution is -0.387. The molecule has 0 saturated heterocycles. The zero-order valence-corrected chi connectivity index (χ0v) is 12.7. The second-order valence-corrected chi connectivity index (χ2v) is 6.22. The summed E-state index contributed by atoms with van der Waals surface area (Å²) in [7, 11) is 0. The predicted octanol–water partition coefficient (Wildman–Crippen LogP) is 3.29. The van der Waals surface area contributed by atoms with Crippen LogP contribution in [-0.4, -0.2) is 21.7 Å². The maximum absolute atomic E-state index is 11.0. The van der Waals surface area contributed by atoms with Gasteiger partial charge in [0.1, 0.15) is 0 Å². The van der Waals surface area contributed by atoms with Crippen LogP contribution in [0.4, 0.5) is 10.8 Å². The maximum Gasteiger partial charge on any atom is 0.283 e. The monoisotopic (exact) mass is 321 g/mol. The third-order valence-corrected chi connectivity index (χ3v) is 4.39. The maximum atomic E-state index is 11.0. The minimum Gasteiger partial charge on any atom is -0.360 e. The van der Waals surface area contributed by atoms with E-state index in [1.54, 1.807) is 0 Å². The fourth-order valence-electron chi connectivity index (χ4n) is 1.46. The Balaban J connectivity index is 2.23. The van der Waals surface area contributed by atoms with Gasteiger partial charge in [0.15, 0.2) is 4.34 Å². The molecule has 21 heavy (non-hydrogen) atoms. The van der Waals surface area contributed by atoms with Crippen LogP contribution in [0.5, 0.6) is 0 Å². The highest BCUT2D eigenvalue weighted by molar-refractivity contribution is 8.01. The molecule has 1 heterocycles. The van der Waals surface area contributed by atoms with Gasteiger partial charge >= 0.3 is 0 Å². The molecule has 0 spiro atoms. The number of aromatic nitrogens is 2. The molecule has 1 N–H and O–H groups in total. The summed E-state index contributed by atoms with van der Waals surface area (Å²) in [5.74, 6) is 0. The van der Waals surface area contributed by atoms with Crippen LogP contribution >= 0.6 is 23.1 Å². The number of nitro groups is 1. The van der Waals surface area contributed by atoms with Crippen LogP contribution in [0.2, 0.25) is 0 Å². The molecular weight excluding hydrogens is 310 g/mol. The first-order valence-corrected chi connectivity index (χ1v) is 7.71. The Morgan fingerprint density at radius 1 is 1.52 bits per heavy atom. The fourth-order valence-corrected chi connectivity index (χ4v) is 3.34. The topological polar surface area (TPSA) is 105 Å². The molecule has 0 aliphatic heterocycles. The Labute approximate surface area is 129 Å². The van der Waals surface area contributed by atoms with Crippen molar-refractivity contribution >= 4 is 33.9 Å². The Morgan fingerprint density at radius 3 is 3.00 bits per heavy atom. The molecule has 0 radical (unpaired) electrons. The highest BCUT2D eigenvalue weighted by atomic mass is 32.2. The van der Waals surface area contributed by atoms with Crippen molar-refractivity contribution in [3.05, 3.63) is 33.9 Å². The lowest BCUT2D eigenvalue weighted by atomic mass is 10.2. The van der Waals surface area contributed by atoms with Crippen molar-refractivity contribution in [2.24, 2.45) is 0 Å². The van der Waals surface area contributed by atoms with Crippen molar-refractivity contribution in [3.8, 4) is 6.07 Å². The van der Waals surface area contributed by atoms with Gasteiger partial charge in [0, 0.05) is 12.6 Å². The molecule has 2 aromatic rings. The SMILES string of the molecule is CCCNc1nnc(Sc2cc(C#N)ccc2[N+](=O)[O-])s1. The van der Waals surface area contributed by atoms with Gasteiger partial charge in [-0.25, -0.2) is 0 Å². The van der Waals surface area contributed by atoms with Gasteiger partial charge in [-0.2, -0.15) is 5.26 Å². The van der Waals surface area contributed by atoms with Gasteiger partial charge in [0.05, 0.1) is 21.5 Å². The summed E-state index contributed by atoms with van der Waals surface area (Å²) >= 11 is 2.46. The van der Waals surface area contributed by atoms with Crippen LogP contribution < -0.4 is 5.32 Å². The van der Waals surface area contributed by atoms with E-state index in [4.69, 9.17) is 5.26 Å². The molecule has 0 unspecified atom stereocenters. The number of rotatable bonds is 6. The second kappa shape index (κ2) is 7.01. The van der Waals surface area contributed by atoms with Crippen LogP contribution in [0, 0.1) is 21.4 Å². The van der Waals surface area contributed by atoms with Crippen LogP contribution in [0.25, 0.3) is 0 Å². The van der Waals surface area contributed by atoms with Crippen LogP contribution in [0.3, 0.4) is 0 Å². The van der Waals surface area contributed by atoms with Crippen molar-refractivity contribution in [1.82, 2.24) is 10.2 Å². The second-order valence-electron chi connectivity index (χ2n) is 3.95. The zero-order valence-electron chi connectivity index (χ0n) is 11.1. The fraction of sp³-hybridized carbons (Fsp3) is 0.250. The molecule has 1 aromatic heterocycles. The first-order valence-electron chi connectivity index (χ1n) is 6.07. The molecule has 108 valence electrons. The summed E-state index contributed by atoms with van der Waals surface area (Å²) in [6.07, 6.45) is 0.970. The van der Waals surface area contributed by atoms with E-state index in [0.717, 1.165) is 24.7 Å². The highest BCUT2D eigenvalue weighted by Gasteiger charge is 2.17. The number of hydrogen-bond acceptors (Lipinski definition) is 8. The zero-order chi connectivity index (χ0) is 15.2. The van der Waals surface area contributed by atoms with Crippen LogP contribution in [-0.2, 0) is 0 Å². The standard InChI is InChI=1S/C12H11N5O2S2/c1-2-5-14-11-15-16-12(21-11)20-10-6-8(7-13)3-4-9(10)17(18)19/h3-4,6H,2,5H2,1H3,(H,14,15). The number of nitriles is 1. The van der Waals surface area contributed by atoms with Gasteiger partial charge in [0.25, 0.3) is 5.69 Å². The average molecular weight is 321 g/mol. The van der Waals surface area contributed by atoms with Crippen molar-refractivity contribution < 1.29 is 4.92 Å². The van der Waals surface area contributed by atoms with E-state index in [2.05, 4.69) is 15.5 Å². The summed E-state index contributed by atoms with van der Waals surface area (Å²) in [4.78, 5) is 10.9. The van der Waals surface area contributed by atoms with E-state index in [1.807, 2.05) is 13.0 Å². The Hall–Kier alpha value is -2.18. The molecule has 0 bridgehead atoms. The van der Waals surface area contributed by atoms with Crippen molar-refractivity contribution in [2.45, 2.75) is 22.6 Å². The van der Waals surface area contributed by atoms with E-state index in [0.29, 0.717) is 19.9 Å². The summed E-state index contributed by atoms with van der Waals surface area (Å²) in [5.41, 5.74) is 0.328. The molecule has 0 aliphatic carbocycles. The van der Waals surface area contributed by atoms with Crippen LogP contribution in [0.1, 0.15) is 18.9 Å². The van der Waals surface area contributed by atoms with E-state index in [1.165, 1.54) is 29.5 Å². The Kier molecular flexibility index (Phi) is 5.08. The number of nitrogens with one attached hydrogen (secondary N) is 1. The molecule has 7 nitrogen and oxygen atoms in total. The van der Waals surface area contributed by atoms with Gasteiger partial charge in [-0.3, -0.25) is 10.1 Å². The predicted molar refractivity (Wildman–Crippen MR) is 80.6 cm³/mol. The number of nitro benzene ring substituents is 1. The van der Waals surface area contributed by atoms with Gasteiger partial charge in [-0.15, -0.1) is 10.2 Å². The first-order chi connectivity index (χ1) is 10.1. The van der Waals surface area contributed by atoms with Crippen molar-refractivity contribution in [3.63, 3.8) is 0 Å². The van der Waals surface area contributed by atoms with E-state index in [9.17, 15) is 10.1 Å². The third-order valence-electron chi connectivity index (χ3n) is 2.42. The third kappa shape index (κ3) is 3.90. The van der Waals surface area contributed by atoms with Gasteiger partial charge < -0.3 is 5.32 Å². The summed E-state index contributed by atoms with van der Waals surface area (Å²) < 4.78 is 0.590. The molecule has 0 atom stereocenters. The lowest BCUT2D eigenvalue weighted by Crippen LogP contribution is -1.98. The molecule has 0 saturated carbocycles. The minimum absolute atomic E-state index is 0.0442. The highest BCUT2D eigenvalue weighted by Crippen LogP contribution is 2.37. The molecular formula is C12H11N5O2S2. The van der Waals surface area contributed by atoms with E-state index >= 15 is 0 Å². The molecule has 2 rings (SSSR count). The van der Waals surface area contributed by atoms with E-state index in [-0.39, 0.29) is 5.69 Å². The average Bonchev–Trinajstić information content (AvgIpc) is 2.92. The summed E-state index contributed by atoms with van der Waals surface area (Å²) in [5, 5.41) is 31.7. The van der Waals surface area contributed by atoms with Crippen LogP contribution in [0.15, 0.2) is 27.4 Å². The van der Waals surface area contributed by atoms with Gasteiger partial charge in [-0.05, 0) is 30.3 Å². The largest absolute Gasteiger partial charge is 0.360 e. The Morgan fingerprint density at radius 2 is 2.33 bits per heavy atom. The molecule has 0 aliphatic rings. The first kappa shape index (κ1) is 15.2. The summed E-state index contributed by atoms with van der Waals surface area (Å²) in [6.45, 7) is 2.84. The van der Waals surface area contributed by atoms with E-state index < -0.39 is 4.92 Å². The molecule has 0 fully saturated rings.